The van der Waals surface area contributed by atoms with E-state index in [0.717, 1.165) is 0 Å². The van der Waals surface area contributed by atoms with E-state index in [-0.39, 0.29) is 0 Å². The molecule has 77 heavy (non-hydrogen) atoms. The number of hydrogen-bond acceptors (Lipinski definition) is 40. The molecule has 5 unspecified atom stereocenters. The molecular formula is C18H29O47S12-5. The SMILES string of the molecule is O=S([O-])O[C@@H]1[C@@H](OS(=O)(=O)O)[C@H](OC[C@H](OS(=O)[O-])[C@@H](OS(=O)[O-])[C@@H](OS(=O)(=O)O)[C@@H](CO[C@@H]2O[C@H](COS(=O)(=O)O)[C@@H](OS(=O)(=O)O)[C@H](OS(=O)(=O)O)[C@H]2OS(=O)[O-])OS(=O)(=O)O)O[C@H](COS(=O)(=O)O)[C@H]1OS(=O)[O-]. The highest BCUT2D eigenvalue weighted by atomic mass is 32.3. The molecule has 0 bridgehead atoms. The van der Waals surface area contributed by atoms with Crippen LogP contribution in [0.4, 0.5) is 0 Å². The number of hydrogen-bond donors (Lipinski definition) is 7. The second-order valence-electron chi connectivity index (χ2n) is 13.1. The predicted octanol–water partition coefficient (Wildman–Crippen LogP) is -10.1. The van der Waals surface area contributed by atoms with Crippen LogP contribution in [-0.4, -0.2) is 247 Å². The van der Waals surface area contributed by atoms with Crippen molar-refractivity contribution in [2.24, 2.45) is 0 Å². The maximum atomic E-state index is 12.3. The fourth-order valence-corrected chi connectivity index (χ4v) is 10.9. The molecule has 0 aromatic rings. The molecule has 2 heterocycles. The van der Waals surface area contributed by atoms with Crippen molar-refractivity contribution in [2.75, 3.05) is 26.4 Å². The lowest BCUT2D eigenvalue weighted by Crippen LogP contribution is -2.63. The van der Waals surface area contributed by atoms with Crippen LogP contribution in [-0.2, 0) is 199 Å². The summed E-state index contributed by atoms with van der Waals surface area (Å²) >= 11 is -20.9. The second kappa shape index (κ2) is 29.7. The predicted molar refractivity (Wildman–Crippen MR) is 215 cm³/mol. The average Bonchev–Trinajstić information content (AvgIpc) is 3.18. The molecular weight excluding hydrogens is 1350 g/mol. The first-order chi connectivity index (χ1) is 34.6. The van der Waals surface area contributed by atoms with E-state index in [1.807, 2.05) is 0 Å². The highest BCUT2D eigenvalue weighted by Crippen LogP contribution is 2.35. The van der Waals surface area contributed by atoms with Crippen molar-refractivity contribution in [3.63, 3.8) is 0 Å². The summed E-state index contributed by atoms with van der Waals surface area (Å²) in [6.45, 7) is -8.22. The van der Waals surface area contributed by atoms with E-state index in [9.17, 15) is 125 Å². The van der Waals surface area contributed by atoms with Gasteiger partial charge in [-0.1, -0.05) is 0 Å². The molecule has 2 aliphatic rings. The van der Waals surface area contributed by atoms with Gasteiger partial charge in [0.05, 0.1) is 83.2 Å². The standard InChI is InChI=1S/C18H34O47S12/c19-66(20)56-7(1-50-18-16(65-77(47,48)49)13(59-69(25)26)9(57-67(21)22)5(54-18)3-52-71(29,30)31)10(58-68(23)24)12(63-75(41,42)43)8(61-73(35,36)37)2-51-17-15(60-70(27)28)14(64-76(44,45)46)11(62-74(38,39)40)6(55-17)4-53-72(32,33)34/h5-18H,1-4H2,(H,19,20)(H,21,22)(H,23,24)(H,25,26)(H,27,28)(H,29,30,31)(H,32,33,34)(H,35,36,37)(H,38,39,40)(H,41,42,43)(H,44,45,46)(H,47,48,49)/p-5/t5-,6-,7+,8-,9-,10-,11-,12+,13+,14+,15-,16-,17-,18-/m1/s1. The zero-order valence-corrected chi connectivity index (χ0v) is 45.1. The van der Waals surface area contributed by atoms with Gasteiger partial charge >= 0.3 is 72.8 Å². The monoisotopic (exact) mass is 1380 g/mol. The summed E-state index contributed by atoms with van der Waals surface area (Å²) in [7, 11) is -42.7. The Kier molecular flexibility index (Phi) is 27.9. The van der Waals surface area contributed by atoms with Gasteiger partial charge in [-0.3, -0.25) is 52.8 Å². The Balaban J connectivity index is 2.99. The molecule has 2 rings (SSSR count). The third-order valence-electron chi connectivity index (χ3n) is 7.99. The van der Waals surface area contributed by atoms with Crippen LogP contribution in [0.15, 0.2) is 0 Å². The lowest BCUT2D eigenvalue weighted by molar-refractivity contribution is -0.293. The van der Waals surface area contributed by atoms with E-state index in [0.29, 0.717) is 0 Å². The van der Waals surface area contributed by atoms with Gasteiger partial charge in [-0.05, 0) is 0 Å². The van der Waals surface area contributed by atoms with Gasteiger partial charge in [0, 0.05) is 0 Å². The molecule has 7 N–H and O–H groups in total. The molecule has 47 nitrogen and oxygen atoms in total. The van der Waals surface area contributed by atoms with E-state index in [4.69, 9.17) is 28.1 Å². The van der Waals surface area contributed by atoms with Crippen LogP contribution in [0, 0.1) is 0 Å². The molecule has 0 amide bonds. The Morgan fingerprint density at radius 1 is 0.390 bits per heavy atom. The molecule has 0 aliphatic carbocycles. The van der Waals surface area contributed by atoms with Gasteiger partial charge in [-0.15, -0.1) is 0 Å². The van der Waals surface area contributed by atoms with Crippen molar-refractivity contribution in [3.8, 4) is 0 Å². The molecule has 2 fully saturated rings. The van der Waals surface area contributed by atoms with Crippen LogP contribution >= 0.6 is 0 Å². The van der Waals surface area contributed by atoms with Crippen LogP contribution in [0.3, 0.4) is 0 Å². The minimum absolute atomic E-state index is 1.80. The Hall–Kier alpha value is -0.720. The average molecular weight is 1380 g/mol. The summed E-state index contributed by atoms with van der Waals surface area (Å²) in [5, 5.41) is 0. The van der Waals surface area contributed by atoms with E-state index in [2.05, 4.69) is 50.2 Å². The van der Waals surface area contributed by atoms with Gasteiger partial charge in [0.1, 0.15) is 61.0 Å². The highest BCUT2D eigenvalue weighted by Gasteiger charge is 2.56. The molecule has 0 aromatic heterocycles. The fourth-order valence-electron chi connectivity index (χ4n) is 5.83. The molecule has 59 heteroatoms. The summed E-state index contributed by atoms with van der Waals surface area (Å²) in [5.41, 5.74) is 0. The van der Waals surface area contributed by atoms with E-state index in [1.54, 1.807) is 0 Å². The first-order valence-corrected chi connectivity index (χ1v) is 32.1. The summed E-state index contributed by atoms with van der Waals surface area (Å²) in [4.78, 5) is 0. The van der Waals surface area contributed by atoms with Crippen molar-refractivity contribution < 1.29 is 204 Å². The molecule has 0 aromatic carbocycles. The topological polar surface area (TPSA) is 729 Å². The summed E-state index contributed by atoms with van der Waals surface area (Å²) in [6, 6.07) is 0. The Labute approximate surface area is 443 Å². The van der Waals surface area contributed by atoms with Gasteiger partial charge in [0.2, 0.25) is 0 Å². The minimum atomic E-state index is -6.50. The molecule has 0 radical (unpaired) electrons. The van der Waals surface area contributed by atoms with Crippen LogP contribution in [0.25, 0.3) is 0 Å². The lowest BCUT2D eigenvalue weighted by atomic mass is 9.99. The van der Waals surface area contributed by atoms with E-state index < -0.39 is 242 Å². The summed E-state index contributed by atoms with van der Waals surface area (Å²) in [5.74, 6) is 0. The molecule has 0 spiro atoms. The van der Waals surface area contributed by atoms with Gasteiger partial charge in [0.25, 0.3) is 0 Å². The van der Waals surface area contributed by atoms with Crippen LogP contribution < -0.4 is 0 Å². The van der Waals surface area contributed by atoms with Crippen LogP contribution in [0.5, 0.6) is 0 Å². The van der Waals surface area contributed by atoms with Gasteiger partial charge < -0.3 is 41.7 Å². The maximum Gasteiger partial charge on any atom is 0.397 e. The molecule has 0 saturated carbocycles. The van der Waals surface area contributed by atoms with E-state index in [1.165, 1.54) is 0 Å². The number of ether oxygens (including phenoxy) is 4. The van der Waals surface area contributed by atoms with Crippen LogP contribution in [0.2, 0.25) is 0 Å². The summed E-state index contributed by atoms with van der Waals surface area (Å²) in [6.07, 6.45) is -44.6. The molecule has 2 aliphatic heterocycles. The third-order valence-corrected chi connectivity index (χ3v) is 13.1. The minimum Gasteiger partial charge on any atom is -0.750 e. The Morgan fingerprint density at radius 3 is 1.14 bits per heavy atom. The molecule has 2 saturated heterocycles. The van der Waals surface area contributed by atoms with Crippen molar-refractivity contribution in [1.29, 1.82) is 0 Å². The maximum absolute atomic E-state index is 12.3. The van der Waals surface area contributed by atoms with Gasteiger partial charge in [0.15, 0.2) is 24.8 Å². The van der Waals surface area contributed by atoms with Gasteiger partial charge in [-0.2, -0.15) is 58.9 Å². The zero-order valence-electron chi connectivity index (χ0n) is 35.3. The lowest BCUT2D eigenvalue weighted by Gasteiger charge is -2.45. The summed E-state index contributed by atoms with van der Waals surface area (Å²) < 4.78 is 420. The molecule has 460 valence electrons. The normalized spacial score (nSPS) is 29.1. The first kappa shape index (κ1) is 72.4. The van der Waals surface area contributed by atoms with Crippen molar-refractivity contribution in [2.45, 2.75) is 85.8 Å². The smallest absolute Gasteiger partial charge is 0.397 e. The Bertz CT molecular complexity index is 2900. The molecule has 19 atom stereocenters. The first-order valence-electron chi connectivity index (χ1n) is 17.5. The van der Waals surface area contributed by atoms with Crippen molar-refractivity contribution in [3.05, 3.63) is 0 Å². The fraction of sp³-hybridized carbons (Fsp3) is 1.00. The Morgan fingerprint density at radius 2 is 0.753 bits per heavy atom. The number of rotatable bonds is 35. The van der Waals surface area contributed by atoms with Gasteiger partial charge in [-0.25, -0.2) is 50.3 Å². The van der Waals surface area contributed by atoms with Crippen molar-refractivity contribution >= 4 is 130 Å². The van der Waals surface area contributed by atoms with Crippen LogP contribution in [0.1, 0.15) is 0 Å². The second-order valence-corrected chi connectivity index (χ2v) is 23.5. The largest absolute Gasteiger partial charge is 0.750 e. The van der Waals surface area contributed by atoms with E-state index >= 15 is 0 Å². The highest BCUT2D eigenvalue weighted by molar-refractivity contribution is 7.82. The van der Waals surface area contributed by atoms with Crippen molar-refractivity contribution in [1.82, 2.24) is 0 Å². The quantitative estimate of drug-likeness (QED) is 0.0229. The zero-order chi connectivity index (χ0) is 59.6. The third kappa shape index (κ3) is 28.9.